The largest absolute Gasteiger partial charge is 0.465 e. The molecule has 5 nitrogen and oxygen atoms in total. The first-order chi connectivity index (χ1) is 12.5. The van der Waals surface area contributed by atoms with Crippen LogP contribution in [0.3, 0.4) is 0 Å². The van der Waals surface area contributed by atoms with Gasteiger partial charge in [-0.05, 0) is 59.1 Å². The molecule has 1 aliphatic rings. The topological polar surface area (TPSA) is 69.7 Å². The molecule has 0 bridgehead atoms. The molecule has 1 aliphatic heterocycles. The molecular formula is C22H30O5. The first kappa shape index (κ1) is 21.1. The van der Waals surface area contributed by atoms with Crippen molar-refractivity contribution in [1.29, 1.82) is 0 Å². The van der Waals surface area contributed by atoms with Gasteiger partial charge in [-0.1, -0.05) is 24.6 Å². The summed E-state index contributed by atoms with van der Waals surface area (Å²) in [6.07, 6.45) is 0.506. The van der Waals surface area contributed by atoms with Crippen LogP contribution in [0.15, 0.2) is 12.1 Å². The summed E-state index contributed by atoms with van der Waals surface area (Å²) in [4.78, 5) is 38.4. The molecule has 0 radical (unpaired) electrons. The summed E-state index contributed by atoms with van der Waals surface area (Å²) in [5.74, 6) is -3.41. The van der Waals surface area contributed by atoms with Crippen molar-refractivity contribution in [3.8, 4) is 0 Å². The lowest BCUT2D eigenvalue weighted by Crippen LogP contribution is -2.42. The fourth-order valence-corrected chi connectivity index (χ4v) is 4.49. The lowest BCUT2D eigenvalue weighted by molar-refractivity contribution is -0.157. The molecule has 27 heavy (non-hydrogen) atoms. The third-order valence-corrected chi connectivity index (χ3v) is 5.45. The lowest BCUT2D eigenvalue weighted by Gasteiger charge is -2.32. The summed E-state index contributed by atoms with van der Waals surface area (Å²) in [5, 5.41) is 0. The normalized spacial score (nSPS) is 22.3. The molecule has 1 heterocycles. The number of rotatable bonds is 6. The third-order valence-electron chi connectivity index (χ3n) is 5.45. The second kappa shape index (κ2) is 7.83. The highest BCUT2D eigenvalue weighted by molar-refractivity contribution is 6.03. The average Bonchev–Trinajstić information content (AvgIpc) is 2.76. The van der Waals surface area contributed by atoms with E-state index in [1.54, 1.807) is 20.8 Å². The molecule has 0 aliphatic carbocycles. The Balaban J connectivity index is 2.51. The van der Waals surface area contributed by atoms with Crippen LogP contribution < -0.4 is 0 Å². The Morgan fingerprint density at radius 2 is 1.70 bits per heavy atom. The second-order valence-electron chi connectivity index (χ2n) is 7.93. The highest BCUT2D eigenvalue weighted by Crippen LogP contribution is 2.45. The molecule has 1 aromatic rings. The molecule has 3 atom stereocenters. The van der Waals surface area contributed by atoms with Crippen molar-refractivity contribution in [3.05, 3.63) is 34.4 Å². The van der Waals surface area contributed by atoms with Crippen molar-refractivity contribution in [1.82, 2.24) is 0 Å². The van der Waals surface area contributed by atoms with Gasteiger partial charge in [0.25, 0.3) is 0 Å². The highest BCUT2D eigenvalue weighted by atomic mass is 16.6. The quantitative estimate of drug-likeness (QED) is 0.428. The number of hydrogen-bond donors (Lipinski definition) is 0. The van der Waals surface area contributed by atoms with Gasteiger partial charge < -0.3 is 9.47 Å². The number of hydrogen-bond acceptors (Lipinski definition) is 5. The van der Waals surface area contributed by atoms with E-state index in [0.717, 1.165) is 16.7 Å². The first-order valence-corrected chi connectivity index (χ1v) is 9.56. The molecule has 1 saturated heterocycles. The molecular weight excluding hydrogens is 344 g/mol. The summed E-state index contributed by atoms with van der Waals surface area (Å²) in [6.45, 7) is 13.1. The van der Waals surface area contributed by atoms with Crippen molar-refractivity contribution in [2.45, 2.75) is 60.5 Å². The lowest BCUT2D eigenvalue weighted by atomic mass is 9.69. The molecule has 0 unspecified atom stereocenters. The zero-order chi connectivity index (χ0) is 20.5. The van der Waals surface area contributed by atoms with Crippen molar-refractivity contribution >= 4 is 17.7 Å². The summed E-state index contributed by atoms with van der Waals surface area (Å²) in [6, 6.07) is 3.97. The predicted octanol–water partition coefficient (Wildman–Crippen LogP) is 3.95. The van der Waals surface area contributed by atoms with Gasteiger partial charge in [0.15, 0.2) is 11.7 Å². The van der Waals surface area contributed by atoms with Gasteiger partial charge in [-0.25, -0.2) is 0 Å². The highest BCUT2D eigenvalue weighted by Gasteiger charge is 2.58. The van der Waals surface area contributed by atoms with E-state index in [1.807, 2.05) is 39.8 Å². The van der Waals surface area contributed by atoms with E-state index in [9.17, 15) is 14.4 Å². The minimum absolute atomic E-state index is 0.0434. The number of cyclic esters (lactones) is 1. The number of ketones is 1. The number of ether oxygens (including phenoxy) is 2. The zero-order valence-electron chi connectivity index (χ0n) is 17.3. The zero-order valence-corrected chi connectivity index (χ0v) is 17.3. The third kappa shape index (κ3) is 3.92. The van der Waals surface area contributed by atoms with Crippen LogP contribution in [0.2, 0.25) is 0 Å². The van der Waals surface area contributed by atoms with Gasteiger partial charge in [0.1, 0.15) is 5.60 Å². The van der Waals surface area contributed by atoms with Crippen LogP contribution in [-0.2, 0) is 19.1 Å². The Labute approximate surface area is 161 Å². The Bertz CT molecular complexity index is 739. The van der Waals surface area contributed by atoms with E-state index in [-0.39, 0.29) is 12.4 Å². The van der Waals surface area contributed by atoms with Crippen LogP contribution in [0.1, 0.15) is 61.2 Å². The fraction of sp³-hybridized carbons (Fsp3) is 0.591. The second-order valence-corrected chi connectivity index (χ2v) is 7.93. The Kier molecular flexibility index (Phi) is 6.13. The van der Waals surface area contributed by atoms with Gasteiger partial charge in [0, 0.05) is 17.4 Å². The van der Waals surface area contributed by atoms with Gasteiger partial charge in [-0.3, -0.25) is 14.4 Å². The molecule has 2 rings (SSSR count). The van der Waals surface area contributed by atoms with E-state index in [0.29, 0.717) is 12.0 Å². The molecule has 0 aromatic heterocycles. The number of Topliss-reactive ketones (excluding diaryl/α,β-unsaturated/α-hetero) is 1. The van der Waals surface area contributed by atoms with E-state index < -0.39 is 35.3 Å². The minimum atomic E-state index is -1.07. The maximum Gasteiger partial charge on any atom is 0.321 e. The summed E-state index contributed by atoms with van der Waals surface area (Å²) >= 11 is 0. The number of carbonyl (C=O) groups excluding carboxylic acids is 3. The van der Waals surface area contributed by atoms with Crippen LogP contribution in [0.25, 0.3) is 0 Å². The maximum atomic E-state index is 13.5. The van der Waals surface area contributed by atoms with Gasteiger partial charge in [-0.2, -0.15) is 0 Å². The van der Waals surface area contributed by atoms with Crippen LogP contribution in [0.5, 0.6) is 0 Å². The monoisotopic (exact) mass is 374 g/mol. The molecule has 0 spiro atoms. The summed E-state index contributed by atoms with van der Waals surface area (Å²) < 4.78 is 10.6. The first-order valence-electron chi connectivity index (χ1n) is 9.56. The molecule has 0 amide bonds. The number of aryl methyl sites for hydroxylation is 3. The van der Waals surface area contributed by atoms with Crippen LogP contribution in [0, 0.1) is 38.5 Å². The van der Waals surface area contributed by atoms with Crippen molar-refractivity contribution in [3.63, 3.8) is 0 Å². The molecule has 148 valence electrons. The number of benzene rings is 1. The Morgan fingerprint density at radius 1 is 1.15 bits per heavy atom. The Hall–Kier alpha value is -2.17. The fourth-order valence-electron chi connectivity index (χ4n) is 4.49. The van der Waals surface area contributed by atoms with Crippen LogP contribution in [0.4, 0.5) is 0 Å². The minimum Gasteiger partial charge on any atom is -0.465 e. The molecule has 1 fully saturated rings. The van der Waals surface area contributed by atoms with Gasteiger partial charge in [0.05, 0.1) is 6.61 Å². The maximum absolute atomic E-state index is 13.5. The van der Waals surface area contributed by atoms with Crippen molar-refractivity contribution < 1.29 is 23.9 Å². The smallest absolute Gasteiger partial charge is 0.321 e. The van der Waals surface area contributed by atoms with E-state index in [4.69, 9.17) is 9.47 Å². The number of carbonyl (C=O) groups is 3. The van der Waals surface area contributed by atoms with Gasteiger partial charge in [-0.15, -0.1) is 0 Å². The molecule has 0 saturated carbocycles. The standard InChI is InChI=1S/C22H30O5/c1-8-15(19(23)16-13(4)10-12(3)11-14(16)5)18-17(20(24)26-9-2)21(25)27-22(18,6)7/h10-11,15,17-18H,8-9H2,1-7H3/t15-,17-,18-/m0/s1. The predicted molar refractivity (Wildman–Crippen MR) is 103 cm³/mol. The average molecular weight is 374 g/mol. The van der Waals surface area contributed by atoms with Gasteiger partial charge >= 0.3 is 11.9 Å². The van der Waals surface area contributed by atoms with E-state index in [1.165, 1.54) is 0 Å². The SMILES string of the molecule is CCOC(=O)[C@H]1C(=O)OC(C)(C)[C@H]1[C@H](CC)C(=O)c1c(C)cc(C)cc1C. The Morgan fingerprint density at radius 3 is 2.19 bits per heavy atom. The van der Waals surface area contributed by atoms with E-state index >= 15 is 0 Å². The van der Waals surface area contributed by atoms with E-state index in [2.05, 4.69) is 0 Å². The van der Waals surface area contributed by atoms with Crippen molar-refractivity contribution in [2.24, 2.45) is 17.8 Å². The van der Waals surface area contributed by atoms with Crippen molar-refractivity contribution in [2.75, 3.05) is 6.61 Å². The summed E-state index contributed by atoms with van der Waals surface area (Å²) in [7, 11) is 0. The summed E-state index contributed by atoms with van der Waals surface area (Å²) in [5.41, 5.74) is 2.67. The molecule has 0 N–H and O–H groups in total. The van der Waals surface area contributed by atoms with Crippen LogP contribution in [-0.4, -0.2) is 29.9 Å². The number of esters is 2. The molecule has 5 heteroatoms. The van der Waals surface area contributed by atoms with Gasteiger partial charge in [0.2, 0.25) is 0 Å². The molecule has 1 aromatic carbocycles. The van der Waals surface area contributed by atoms with Crippen LogP contribution >= 0.6 is 0 Å².